The van der Waals surface area contributed by atoms with Crippen LogP contribution in [0.3, 0.4) is 0 Å². The first kappa shape index (κ1) is 26.6. The average molecular weight is 543 g/mol. The number of amides is 1. The van der Waals surface area contributed by atoms with Crippen LogP contribution in [0, 0.1) is 0 Å². The van der Waals surface area contributed by atoms with Crippen molar-refractivity contribution < 1.29 is 32.1 Å². The fourth-order valence-corrected chi connectivity index (χ4v) is 4.27. The summed E-state index contributed by atoms with van der Waals surface area (Å²) in [6, 6.07) is 24.1. The number of para-hydroxylation sites is 1. The van der Waals surface area contributed by atoms with E-state index < -0.39 is 23.6 Å². The van der Waals surface area contributed by atoms with Gasteiger partial charge in [0.05, 0.1) is 35.1 Å². The summed E-state index contributed by atoms with van der Waals surface area (Å²) in [6.45, 7) is 0.575. The fraction of sp³-hybridized carbons (Fsp3) is 0.0968. The number of aromatic nitrogens is 2. The van der Waals surface area contributed by atoms with Crippen molar-refractivity contribution >= 4 is 28.5 Å². The number of pyridine rings is 2. The minimum absolute atomic E-state index is 0.0994. The summed E-state index contributed by atoms with van der Waals surface area (Å²) < 4.78 is 46.2. The number of anilines is 1. The number of esters is 1. The Balaban J connectivity index is 1.40. The van der Waals surface area contributed by atoms with E-state index in [2.05, 4.69) is 5.32 Å². The Morgan fingerprint density at radius 1 is 0.875 bits per heavy atom. The number of hydrogen-bond donors (Lipinski definition) is 1. The molecule has 2 aromatic heterocycles. The molecule has 0 aliphatic carbocycles. The maximum atomic E-state index is 13.2. The van der Waals surface area contributed by atoms with Gasteiger partial charge in [-0.3, -0.25) is 4.79 Å². The molecule has 0 atom stereocenters. The van der Waals surface area contributed by atoms with E-state index in [0.29, 0.717) is 34.4 Å². The standard InChI is InChI=1S/C31H22F3N3O3/c1-40-30(39)22-11-9-20(10-12-22)19-37-15-13-21(14-16-37)27-18-28(25-7-2-3-8-26(25)35-27)36-29(38)23-5-4-6-24(17-23)31(32,33)34/h2-18H,19H2,1H3/p+1. The minimum Gasteiger partial charge on any atom is -0.465 e. The highest BCUT2D eigenvalue weighted by Gasteiger charge is 2.31. The van der Waals surface area contributed by atoms with Crippen LogP contribution in [-0.4, -0.2) is 24.0 Å². The fourth-order valence-electron chi connectivity index (χ4n) is 4.27. The van der Waals surface area contributed by atoms with Crippen molar-refractivity contribution in [1.29, 1.82) is 0 Å². The van der Waals surface area contributed by atoms with E-state index in [1.807, 2.05) is 47.3 Å². The largest absolute Gasteiger partial charge is 0.465 e. The Hall–Kier alpha value is -5.05. The van der Waals surface area contributed by atoms with Crippen LogP contribution < -0.4 is 9.88 Å². The first-order valence-corrected chi connectivity index (χ1v) is 12.3. The van der Waals surface area contributed by atoms with Gasteiger partial charge in [0, 0.05) is 34.2 Å². The third-order valence-electron chi connectivity index (χ3n) is 6.34. The molecule has 5 rings (SSSR count). The van der Waals surface area contributed by atoms with Crippen molar-refractivity contribution in [3.8, 4) is 11.3 Å². The molecule has 200 valence electrons. The molecule has 1 N–H and O–H groups in total. The number of carbonyl (C=O) groups is 2. The van der Waals surface area contributed by atoms with Gasteiger partial charge in [-0.25, -0.2) is 14.3 Å². The number of hydrogen-bond acceptors (Lipinski definition) is 4. The predicted octanol–water partition coefficient (Wildman–Crippen LogP) is 6.30. The molecule has 5 aromatic rings. The predicted molar refractivity (Wildman–Crippen MR) is 144 cm³/mol. The molecule has 0 fully saturated rings. The van der Waals surface area contributed by atoms with E-state index in [-0.39, 0.29) is 5.56 Å². The molecule has 9 heteroatoms. The molecule has 2 heterocycles. The number of carbonyl (C=O) groups excluding carboxylic acids is 2. The summed E-state index contributed by atoms with van der Waals surface area (Å²) in [5.74, 6) is -1.05. The van der Waals surface area contributed by atoms with Crippen LogP contribution in [0.1, 0.15) is 31.8 Å². The third-order valence-corrected chi connectivity index (χ3v) is 6.34. The van der Waals surface area contributed by atoms with Gasteiger partial charge in [-0.2, -0.15) is 13.2 Å². The zero-order valence-electron chi connectivity index (χ0n) is 21.3. The van der Waals surface area contributed by atoms with Gasteiger partial charge in [0.15, 0.2) is 18.9 Å². The van der Waals surface area contributed by atoms with E-state index in [1.54, 1.807) is 36.4 Å². The van der Waals surface area contributed by atoms with Crippen LogP contribution >= 0.6 is 0 Å². The Labute approximate surface area is 227 Å². The zero-order valence-corrected chi connectivity index (χ0v) is 21.3. The van der Waals surface area contributed by atoms with Gasteiger partial charge in [0.1, 0.15) is 0 Å². The van der Waals surface area contributed by atoms with Crippen molar-refractivity contribution in [2.75, 3.05) is 12.4 Å². The second kappa shape index (κ2) is 11.0. The Bertz CT molecular complexity index is 1700. The number of halogens is 3. The highest BCUT2D eigenvalue weighted by Crippen LogP contribution is 2.31. The van der Waals surface area contributed by atoms with Crippen molar-refractivity contribution in [2.24, 2.45) is 0 Å². The summed E-state index contributed by atoms with van der Waals surface area (Å²) >= 11 is 0. The lowest BCUT2D eigenvalue weighted by atomic mass is 10.1. The lowest BCUT2D eigenvalue weighted by Gasteiger charge is -2.12. The van der Waals surface area contributed by atoms with E-state index >= 15 is 0 Å². The Kier molecular flexibility index (Phi) is 7.29. The molecule has 0 aliphatic rings. The van der Waals surface area contributed by atoms with Gasteiger partial charge in [-0.05, 0) is 42.5 Å². The number of benzene rings is 3. The normalized spacial score (nSPS) is 11.3. The summed E-state index contributed by atoms with van der Waals surface area (Å²) in [6.07, 6.45) is -0.772. The lowest BCUT2D eigenvalue weighted by Crippen LogP contribution is -2.33. The minimum atomic E-state index is -4.55. The molecular weight excluding hydrogens is 519 g/mol. The van der Waals surface area contributed by atoms with Crippen LogP contribution in [0.15, 0.2) is 103 Å². The molecule has 40 heavy (non-hydrogen) atoms. The number of methoxy groups -OCH3 is 1. The molecular formula is C31H23F3N3O3+. The molecule has 1 amide bonds. The summed E-state index contributed by atoms with van der Waals surface area (Å²) in [4.78, 5) is 29.3. The highest BCUT2D eigenvalue weighted by molar-refractivity contribution is 6.09. The van der Waals surface area contributed by atoms with Crippen LogP contribution in [0.5, 0.6) is 0 Å². The molecule has 0 aliphatic heterocycles. The van der Waals surface area contributed by atoms with Gasteiger partial charge in [-0.15, -0.1) is 0 Å². The number of nitrogens with zero attached hydrogens (tertiary/aromatic N) is 2. The zero-order chi connectivity index (χ0) is 28.3. The molecule has 0 radical (unpaired) electrons. The van der Waals surface area contributed by atoms with Crippen LogP contribution in [0.2, 0.25) is 0 Å². The third kappa shape index (κ3) is 5.83. The van der Waals surface area contributed by atoms with E-state index in [9.17, 15) is 22.8 Å². The van der Waals surface area contributed by atoms with Crippen molar-refractivity contribution in [1.82, 2.24) is 4.98 Å². The number of fused-ring (bicyclic) bond motifs is 1. The maximum absolute atomic E-state index is 13.2. The van der Waals surface area contributed by atoms with Crippen molar-refractivity contribution in [3.63, 3.8) is 0 Å². The lowest BCUT2D eigenvalue weighted by molar-refractivity contribution is -0.688. The SMILES string of the molecule is COC(=O)c1ccc(C[n+]2ccc(-c3cc(NC(=O)c4cccc(C(F)(F)F)c4)c4ccccc4n3)cc2)cc1. The molecule has 0 saturated heterocycles. The molecule has 0 unspecified atom stereocenters. The first-order chi connectivity index (χ1) is 19.2. The van der Waals surface area contributed by atoms with Gasteiger partial charge < -0.3 is 10.1 Å². The number of alkyl halides is 3. The maximum Gasteiger partial charge on any atom is 0.416 e. The van der Waals surface area contributed by atoms with Crippen molar-refractivity contribution in [2.45, 2.75) is 12.7 Å². The summed E-state index contributed by atoms with van der Waals surface area (Å²) in [5.41, 5.74) is 2.92. The summed E-state index contributed by atoms with van der Waals surface area (Å²) in [5, 5.41) is 3.43. The molecule has 0 bridgehead atoms. The van der Waals surface area contributed by atoms with Gasteiger partial charge in [0.25, 0.3) is 5.91 Å². The Morgan fingerprint density at radius 2 is 1.60 bits per heavy atom. The van der Waals surface area contributed by atoms with E-state index in [4.69, 9.17) is 9.72 Å². The van der Waals surface area contributed by atoms with Crippen molar-refractivity contribution in [3.05, 3.63) is 126 Å². The second-order valence-electron chi connectivity index (χ2n) is 9.05. The average Bonchev–Trinajstić information content (AvgIpc) is 2.97. The number of nitrogens with one attached hydrogen (secondary N) is 1. The quantitative estimate of drug-likeness (QED) is 0.202. The monoisotopic (exact) mass is 542 g/mol. The summed E-state index contributed by atoms with van der Waals surface area (Å²) in [7, 11) is 1.34. The smallest absolute Gasteiger partial charge is 0.416 e. The van der Waals surface area contributed by atoms with Gasteiger partial charge in [0.2, 0.25) is 0 Å². The van der Waals surface area contributed by atoms with E-state index in [0.717, 1.165) is 23.3 Å². The van der Waals surface area contributed by atoms with Crippen LogP contribution in [0.4, 0.5) is 18.9 Å². The topological polar surface area (TPSA) is 72.2 Å². The van der Waals surface area contributed by atoms with Crippen LogP contribution in [-0.2, 0) is 17.5 Å². The van der Waals surface area contributed by atoms with E-state index in [1.165, 1.54) is 19.2 Å². The number of ether oxygens (including phenoxy) is 1. The first-order valence-electron chi connectivity index (χ1n) is 12.3. The molecule has 3 aromatic carbocycles. The van der Waals surface area contributed by atoms with Gasteiger partial charge >= 0.3 is 12.1 Å². The van der Waals surface area contributed by atoms with Crippen LogP contribution in [0.25, 0.3) is 22.2 Å². The molecule has 0 saturated carbocycles. The highest BCUT2D eigenvalue weighted by atomic mass is 19.4. The second-order valence-corrected chi connectivity index (χ2v) is 9.05. The van der Waals surface area contributed by atoms with Gasteiger partial charge in [-0.1, -0.05) is 36.4 Å². The molecule has 6 nitrogen and oxygen atoms in total. The molecule has 0 spiro atoms. The Morgan fingerprint density at radius 3 is 2.30 bits per heavy atom. The number of rotatable bonds is 6.